The van der Waals surface area contributed by atoms with Crippen molar-refractivity contribution in [2.75, 3.05) is 13.2 Å². The number of hydrogen-bond donors (Lipinski definition) is 1. The molecule has 1 aromatic carbocycles. The third kappa shape index (κ3) is 5.73. The molecule has 4 heteroatoms. The SMILES string of the molecule is CCN(C(N)=Nc1ccc(OCCC2CCCCC2)cc1)C(C)C. The zero-order chi connectivity index (χ0) is 17.4. The average Bonchev–Trinajstić information content (AvgIpc) is 2.58. The highest BCUT2D eigenvalue weighted by Crippen LogP contribution is 2.26. The summed E-state index contributed by atoms with van der Waals surface area (Å²) in [5.41, 5.74) is 6.97. The van der Waals surface area contributed by atoms with Crippen LogP contribution in [0.4, 0.5) is 5.69 Å². The van der Waals surface area contributed by atoms with Gasteiger partial charge in [-0.2, -0.15) is 0 Å². The summed E-state index contributed by atoms with van der Waals surface area (Å²) in [6.07, 6.45) is 8.12. The van der Waals surface area contributed by atoms with Crippen LogP contribution in [0.5, 0.6) is 5.75 Å². The van der Waals surface area contributed by atoms with Crippen molar-refractivity contribution in [1.29, 1.82) is 0 Å². The number of nitrogens with two attached hydrogens (primary N) is 1. The van der Waals surface area contributed by atoms with Crippen LogP contribution in [-0.2, 0) is 0 Å². The first-order valence-corrected chi connectivity index (χ1v) is 9.43. The number of ether oxygens (including phenoxy) is 1. The quantitative estimate of drug-likeness (QED) is 0.581. The molecule has 24 heavy (non-hydrogen) atoms. The fourth-order valence-corrected chi connectivity index (χ4v) is 3.42. The monoisotopic (exact) mass is 331 g/mol. The molecular formula is C20H33N3O. The second kappa shape index (κ2) is 9.55. The van der Waals surface area contributed by atoms with Crippen LogP contribution in [0.25, 0.3) is 0 Å². The van der Waals surface area contributed by atoms with Crippen LogP contribution in [0.15, 0.2) is 29.3 Å². The van der Waals surface area contributed by atoms with Gasteiger partial charge in [0.2, 0.25) is 0 Å². The van der Waals surface area contributed by atoms with Gasteiger partial charge in [-0.1, -0.05) is 32.1 Å². The van der Waals surface area contributed by atoms with E-state index < -0.39 is 0 Å². The van der Waals surface area contributed by atoms with Crippen molar-refractivity contribution < 1.29 is 4.74 Å². The Bertz CT molecular complexity index is 504. The molecule has 1 fully saturated rings. The van der Waals surface area contributed by atoms with Crippen molar-refractivity contribution in [3.8, 4) is 5.75 Å². The summed E-state index contributed by atoms with van der Waals surface area (Å²) in [6, 6.07) is 8.26. The lowest BCUT2D eigenvalue weighted by Gasteiger charge is -2.25. The van der Waals surface area contributed by atoms with E-state index in [9.17, 15) is 0 Å². The van der Waals surface area contributed by atoms with E-state index in [4.69, 9.17) is 10.5 Å². The zero-order valence-corrected chi connectivity index (χ0v) is 15.5. The fourth-order valence-electron chi connectivity index (χ4n) is 3.42. The van der Waals surface area contributed by atoms with Gasteiger partial charge in [0.25, 0.3) is 0 Å². The van der Waals surface area contributed by atoms with Gasteiger partial charge in [0.05, 0.1) is 12.3 Å². The maximum atomic E-state index is 6.11. The normalized spacial score (nSPS) is 16.4. The lowest BCUT2D eigenvalue weighted by Crippen LogP contribution is -2.41. The number of nitrogens with zero attached hydrogens (tertiary/aromatic N) is 2. The standard InChI is InChI=1S/C20H33N3O/c1-4-23(16(2)3)20(21)22-18-10-12-19(13-11-18)24-15-14-17-8-6-5-7-9-17/h10-13,16-17H,4-9,14-15H2,1-3H3,(H2,21,22). The summed E-state index contributed by atoms with van der Waals surface area (Å²) >= 11 is 0. The molecule has 134 valence electrons. The predicted octanol–water partition coefficient (Wildman–Crippen LogP) is 4.71. The van der Waals surface area contributed by atoms with Crippen molar-refractivity contribution in [2.24, 2.45) is 16.6 Å². The van der Waals surface area contributed by atoms with Crippen LogP contribution in [0.1, 0.15) is 59.3 Å². The summed E-state index contributed by atoms with van der Waals surface area (Å²) < 4.78 is 5.89. The average molecular weight is 332 g/mol. The molecule has 0 spiro atoms. The molecule has 0 aliphatic heterocycles. The van der Waals surface area contributed by atoms with Gasteiger partial charge >= 0.3 is 0 Å². The Morgan fingerprint density at radius 3 is 2.46 bits per heavy atom. The van der Waals surface area contributed by atoms with E-state index in [0.717, 1.165) is 30.5 Å². The number of benzene rings is 1. The summed E-state index contributed by atoms with van der Waals surface area (Å²) in [6.45, 7) is 8.00. The zero-order valence-electron chi connectivity index (χ0n) is 15.5. The minimum absolute atomic E-state index is 0.348. The van der Waals surface area contributed by atoms with E-state index in [2.05, 4.69) is 30.7 Å². The Morgan fingerprint density at radius 2 is 1.88 bits per heavy atom. The Hall–Kier alpha value is -1.71. The van der Waals surface area contributed by atoms with Gasteiger partial charge in [-0.3, -0.25) is 0 Å². The molecule has 0 unspecified atom stereocenters. The molecule has 0 heterocycles. The molecule has 1 aliphatic carbocycles. The third-order valence-electron chi connectivity index (χ3n) is 4.86. The molecule has 1 saturated carbocycles. The molecule has 0 aromatic heterocycles. The molecule has 4 nitrogen and oxygen atoms in total. The predicted molar refractivity (Wildman–Crippen MR) is 102 cm³/mol. The number of guanidine groups is 1. The summed E-state index contributed by atoms with van der Waals surface area (Å²) in [5.74, 6) is 2.34. The van der Waals surface area contributed by atoms with Crippen molar-refractivity contribution in [1.82, 2.24) is 4.90 Å². The minimum Gasteiger partial charge on any atom is -0.494 e. The first-order valence-electron chi connectivity index (χ1n) is 9.43. The Labute approximate surface area is 147 Å². The molecule has 0 bridgehead atoms. The Balaban J connectivity index is 1.83. The van der Waals surface area contributed by atoms with Crippen LogP contribution in [0, 0.1) is 5.92 Å². The molecule has 1 aliphatic rings. The Morgan fingerprint density at radius 1 is 1.21 bits per heavy atom. The highest BCUT2D eigenvalue weighted by molar-refractivity contribution is 5.81. The van der Waals surface area contributed by atoms with Gasteiger partial charge < -0.3 is 15.4 Å². The summed E-state index contributed by atoms with van der Waals surface area (Å²) in [4.78, 5) is 6.59. The van der Waals surface area contributed by atoms with Crippen molar-refractivity contribution in [3.05, 3.63) is 24.3 Å². The molecule has 0 saturated heterocycles. The van der Waals surface area contributed by atoms with Crippen LogP contribution in [-0.4, -0.2) is 30.1 Å². The van der Waals surface area contributed by atoms with Crippen LogP contribution in [0.3, 0.4) is 0 Å². The van der Waals surface area contributed by atoms with Crippen LogP contribution < -0.4 is 10.5 Å². The van der Waals surface area contributed by atoms with Crippen molar-refractivity contribution in [3.63, 3.8) is 0 Å². The van der Waals surface area contributed by atoms with Crippen LogP contribution in [0.2, 0.25) is 0 Å². The highest BCUT2D eigenvalue weighted by atomic mass is 16.5. The van der Waals surface area contributed by atoms with Gasteiger partial charge in [0.1, 0.15) is 5.75 Å². The van der Waals surface area contributed by atoms with Gasteiger partial charge in [0.15, 0.2) is 5.96 Å². The maximum Gasteiger partial charge on any atom is 0.196 e. The van der Waals surface area contributed by atoms with E-state index in [1.54, 1.807) is 0 Å². The second-order valence-corrected chi connectivity index (χ2v) is 6.98. The van der Waals surface area contributed by atoms with Crippen molar-refractivity contribution >= 4 is 11.6 Å². The lowest BCUT2D eigenvalue weighted by molar-refractivity contribution is 0.246. The molecular weight excluding hydrogens is 298 g/mol. The maximum absolute atomic E-state index is 6.11. The second-order valence-electron chi connectivity index (χ2n) is 6.98. The lowest BCUT2D eigenvalue weighted by atomic mass is 9.87. The van der Waals surface area contributed by atoms with Gasteiger partial charge in [-0.15, -0.1) is 0 Å². The molecule has 1 aromatic rings. The van der Waals surface area contributed by atoms with E-state index in [0.29, 0.717) is 12.0 Å². The van der Waals surface area contributed by atoms with Crippen LogP contribution >= 0.6 is 0 Å². The number of aliphatic imine (C=N–C) groups is 1. The molecule has 0 atom stereocenters. The first kappa shape index (κ1) is 18.6. The van der Waals surface area contributed by atoms with E-state index in [1.165, 1.54) is 38.5 Å². The fraction of sp³-hybridized carbons (Fsp3) is 0.650. The minimum atomic E-state index is 0.348. The van der Waals surface area contributed by atoms with E-state index in [1.807, 2.05) is 24.3 Å². The Kier molecular flexibility index (Phi) is 7.41. The topological polar surface area (TPSA) is 50.8 Å². The molecule has 2 rings (SSSR count). The van der Waals surface area contributed by atoms with Gasteiger partial charge in [-0.25, -0.2) is 4.99 Å². The molecule has 2 N–H and O–H groups in total. The van der Waals surface area contributed by atoms with E-state index >= 15 is 0 Å². The summed E-state index contributed by atoms with van der Waals surface area (Å²) in [7, 11) is 0. The van der Waals surface area contributed by atoms with Gasteiger partial charge in [0, 0.05) is 12.6 Å². The smallest absolute Gasteiger partial charge is 0.196 e. The largest absolute Gasteiger partial charge is 0.494 e. The van der Waals surface area contributed by atoms with Gasteiger partial charge in [-0.05, 0) is 57.4 Å². The van der Waals surface area contributed by atoms with Crippen molar-refractivity contribution in [2.45, 2.75) is 65.3 Å². The molecule has 0 amide bonds. The summed E-state index contributed by atoms with van der Waals surface area (Å²) in [5, 5.41) is 0. The number of rotatable bonds is 7. The molecule has 0 radical (unpaired) electrons. The van der Waals surface area contributed by atoms with E-state index in [-0.39, 0.29) is 0 Å². The third-order valence-corrected chi connectivity index (χ3v) is 4.86. The highest BCUT2D eigenvalue weighted by Gasteiger charge is 2.13. The first-order chi connectivity index (χ1) is 11.6. The number of hydrogen-bond acceptors (Lipinski definition) is 2.